The predicted molar refractivity (Wildman–Crippen MR) is 127 cm³/mol. The second kappa shape index (κ2) is 11.3. The van der Waals surface area contributed by atoms with Gasteiger partial charge in [-0.1, -0.05) is 36.4 Å². The average molecular weight is 478 g/mol. The zero-order valence-electron chi connectivity index (χ0n) is 19.1. The Labute approximate surface area is 202 Å². The molecule has 0 saturated carbocycles. The Balaban J connectivity index is 1.42. The van der Waals surface area contributed by atoms with Gasteiger partial charge >= 0.3 is 0 Å². The maximum absolute atomic E-state index is 13.1. The molecule has 1 fully saturated rings. The normalized spacial score (nSPS) is 18.1. The molecule has 9 nitrogen and oxygen atoms in total. The number of amides is 3. The quantitative estimate of drug-likeness (QED) is 0.351. The maximum Gasteiger partial charge on any atom is 0.244 e. The maximum atomic E-state index is 13.1. The lowest BCUT2D eigenvalue weighted by Gasteiger charge is -2.21. The fourth-order valence-electron chi connectivity index (χ4n) is 4.08. The molecule has 9 heteroatoms. The number of hydrogen-bond acceptors (Lipinski definition) is 6. The highest BCUT2D eigenvalue weighted by molar-refractivity contribution is 5.96. The summed E-state index contributed by atoms with van der Waals surface area (Å²) >= 11 is 0. The van der Waals surface area contributed by atoms with Gasteiger partial charge in [0.2, 0.25) is 24.5 Å². The third-order valence-corrected chi connectivity index (χ3v) is 5.93. The molecule has 2 heterocycles. The van der Waals surface area contributed by atoms with Crippen LogP contribution in [0.25, 0.3) is 6.08 Å². The summed E-state index contributed by atoms with van der Waals surface area (Å²) in [5.74, 6) is -0.146. The summed E-state index contributed by atoms with van der Waals surface area (Å²) in [4.78, 5) is 49.2. The van der Waals surface area contributed by atoms with Gasteiger partial charge in [0.05, 0.1) is 6.04 Å². The monoisotopic (exact) mass is 477 g/mol. The number of carbonyl (C=O) groups is 4. The second-order valence-electron chi connectivity index (χ2n) is 8.46. The van der Waals surface area contributed by atoms with Crippen LogP contribution in [0.4, 0.5) is 0 Å². The van der Waals surface area contributed by atoms with Crippen molar-refractivity contribution in [1.82, 2.24) is 16.0 Å². The van der Waals surface area contributed by atoms with Gasteiger partial charge in [0.1, 0.15) is 12.3 Å². The summed E-state index contributed by atoms with van der Waals surface area (Å²) in [6, 6.07) is 12.8. The van der Waals surface area contributed by atoms with Crippen LogP contribution in [0.5, 0.6) is 11.5 Å². The van der Waals surface area contributed by atoms with E-state index in [1.165, 1.54) is 6.08 Å². The molecule has 1 saturated heterocycles. The standard InChI is InChI=1S/C26H27N3O6/c30-15-20(14-19-10-11-27-25(19)32)28-26(33)21(12-17-4-2-1-3-5-17)29-24(31)9-7-18-6-8-22-23(13-18)35-16-34-22/h1-9,13,15,19-21H,10-12,14,16H2,(H,27,32)(H,28,33)(H,29,31)/b9-7+/t19-,20-,21-/m0/s1. The molecule has 3 N–H and O–H groups in total. The van der Waals surface area contributed by atoms with Crippen LogP contribution < -0.4 is 25.4 Å². The molecule has 0 aliphatic carbocycles. The van der Waals surface area contributed by atoms with E-state index in [-0.39, 0.29) is 31.5 Å². The summed E-state index contributed by atoms with van der Waals surface area (Å²) in [5.41, 5.74) is 1.59. The van der Waals surface area contributed by atoms with Crippen molar-refractivity contribution in [3.8, 4) is 11.5 Å². The van der Waals surface area contributed by atoms with Crippen LogP contribution >= 0.6 is 0 Å². The van der Waals surface area contributed by atoms with Crippen LogP contribution in [0.15, 0.2) is 54.6 Å². The first-order valence-corrected chi connectivity index (χ1v) is 11.5. The van der Waals surface area contributed by atoms with E-state index in [4.69, 9.17) is 9.47 Å². The van der Waals surface area contributed by atoms with Crippen molar-refractivity contribution in [3.63, 3.8) is 0 Å². The first-order chi connectivity index (χ1) is 17.0. The Morgan fingerprint density at radius 1 is 1.09 bits per heavy atom. The van der Waals surface area contributed by atoms with Gasteiger partial charge in [-0.3, -0.25) is 14.4 Å². The molecular weight excluding hydrogens is 450 g/mol. The number of hydrogen-bond donors (Lipinski definition) is 3. The number of aldehydes is 1. The van der Waals surface area contributed by atoms with E-state index in [9.17, 15) is 19.2 Å². The van der Waals surface area contributed by atoms with Crippen molar-refractivity contribution >= 4 is 30.1 Å². The number of rotatable bonds is 10. The summed E-state index contributed by atoms with van der Waals surface area (Å²) < 4.78 is 10.6. The Morgan fingerprint density at radius 2 is 1.89 bits per heavy atom. The minimum Gasteiger partial charge on any atom is -0.454 e. The van der Waals surface area contributed by atoms with Gasteiger partial charge in [-0.05, 0) is 42.2 Å². The summed E-state index contributed by atoms with van der Waals surface area (Å²) in [6.07, 6.45) is 4.66. The second-order valence-corrected chi connectivity index (χ2v) is 8.46. The molecule has 35 heavy (non-hydrogen) atoms. The molecule has 0 spiro atoms. The van der Waals surface area contributed by atoms with E-state index in [1.54, 1.807) is 24.3 Å². The highest BCUT2D eigenvalue weighted by atomic mass is 16.7. The largest absolute Gasteiger partial charge is 0.454 e. The number of fused-ring (bicyclic) bond motifs is 1. The lowest BCUT2D eigenvalue weighted by atomic mass is 9.98. The van der Waals surface area contributed by atoms with Crippen molar-refractivity contribution in [2.24, 2.45) is 5.92 Å². The van der Waals surface area contributed by atoms with Crippen LogP contribution in [0.1, 0.15) is 24.0 Å². The minimum absolute atomic E-state index is 0.117. The topological polar surface area (TPSA) is 123 Å². The average Bonchev–Trinajstić information content (AvgIpc) is 3.50. The van der Waals surface area contributed by atoms with Crippen molar-refractivity contribution in [2.75, 3.05) is 13.3 Å². The summed E-state index contributed by atoms with van der Waals surface area (Å²) in [5, 5.41) is 8.14. The molecule has 0 bridgehead atoms. The minimum atomic E-state index is -0.911. The number of ether oxygens (including phenoxy) is 2. The fraction of sp³-hybridized carbons (Fsp3) is 0.308. The molecule has 2 aliphatic rings. The number of nitrogens with one attached hydrogen (secondary N) is 3. The van der Waals surface area contributed by atoms with Crippen molar-refractivity contribution in [3.05, 3.63) is 65.7 Å². The molecule has 0 aromatic heterocycles. The molecule has 3 amide bonds. The SMILES string of the molecule is O=C[C@H](C[C@@H]1CCNC1=O)NC(=O)[C@H](Cc1ccccc1)NC(=O)/C=C/c1ccc2c(c1)OCO2. The van der Waals surface area contributed by atoms with Gasteiger partial charge in [0.15, 0.2) is 11.5 Å². The van der Waals surface area contributed by atoms with E-state index in [0.29, 0.717) is 30.8 Å². The summed E-state index contributed by atoms with van der Waals surface area (Å²) in [7, 11) is 0. The lowest BCUT2D eigenvalue weighted by molar-refractivity contribution is -0.129. The predicted octanol–water partition coefficient (Wildman–Crippen LogP) is 1.37. The van der Waals surface area contributed by atoms with E-state index in [0.717, 1.165) is 11.1 Å². The van der Waals surface area contributed by atoms with Crippen LogP contribution in [-0.4, -0.2) is 49.4 Å². The Kier molecular flexibility index (Phi) is 7.77. The molecule has 2 aromatic rings. The molecular formula is C26H27N3O6. The van der Waals surface area contributed by atoms with Crippen molar-refractivity contribution in [1.29, 1.82) is 0 Å². The van der Waals surface area contributed by atoms with E-state index < -0.39 is 23.9 Å². The molecule has 2 aromatic carbocycles. The molecule has 3 atom stereocenters. The highest BCUT2D eigenvalue weighted by Crippen LogP contribution is 2.32. The van der Waals surface area contributed by atoms with Gasteiger partial charge in [0, 0.05) is 25.0 Å². The van der Waals surface area contributed by atoms with E-state index in [1.807, 2.05) is 30.3 Å². The molecule has 4 rings (SSSR count). The lowest BCUT2D eigenvalue weighted by Crippen LogP contribution is -2.51. The number of carbonyl (C=O) groups excluding carboxylic acids is 4. The van der Waals surface area contributed by atoms with Crippen LogP contribution in [0, 0.1) is 5.92 Å². The van der Waals surface area contributed by atoms with Crippen molar-refractivity contribution < 1.29 is 28.7 Å². The Bertz CT molecular complexity index is 1120. The molecule has 2 aliphatic heterocycles. The van der Waals surface area contributed by atoms with Crippen LogP contribution in [0.2, 0.25) is 0 Å². The van der Waals surface area contributed by atoms with Gasteiger partial charge in [-0.2, -0.15) is 0 Å². The van der Waals surface area contributed by atoms with Crippen LogP contribution in [0.3, 0.4) is 0 Å². The summed E-state index contributed by atoms with van der Waals surface area (Å²) in [6.45, 7) is 0.720. The van der Waals surface area contributed by atoms with Gasteiger partial charge in [-0.15, -0.1) is 0 Å². The third-order valence-electron chi connectivity index (χ3n) is 5.93. The first kappa shape index (κ1) is 24.0. The van der Waals surface area contributed by atoms with E-state index >= 15 is 0 Å². The zero-order chi connectivity index (χ0) is 24.6. The highest BCUT2D eigenvalue weighted by Gasteiger charge is 2.29. The Morgan fingerprint density at radius 3 is 2.63 bits per heavy atom. The van der Waals surface area contributed by atoms with Gasteiger partial charge in [0.25, 0.3) is 0 Å². The van der Waals surface area contributed by atoms with Crippen LogP contribution in [-0.2, 0) is 25.6 Å². The van der Waals surface area contributed by atoms with Gasteiger partial charge < -0.3 is 30.2 Å². The Hall–Kier alpha value is -4.14. The van der Waals surface area contributed by atoms with E-state index in [2.05, 4.69) is 16.0 Å². The molecule has 0 radical (unpaired) electrons. The van der Waals surface area contributed by atoms with Crippen molar-refractivity contribution in [2.45, 2.75) is 31.3 Å². The molecule has 0 unspecified atom stereocenters. The fourth-order valence-corrected chi connectivity index (χ4v) is 4.08. The third kappa shape index (κ3) is 6.47. The smallest absolute Gasteiger partial charge is 0.244 e. The molecule has 182 valence electrons. The van der Waals surface area contributed by atoms with Gasteiger partial charge in [-0.25, -0.2) is 0 Å². The zero-order valence-corrected chi connectivity index (χ0v) is 19.1. The first-order valence-electron chi connectivity index (χ1n) is 11.5. The number of benzene rings is 2.